The summed E-state index contributed by atoms with van der Waals surface area (Å²) in [5.74, 6) is 0.212. The zero-order valence-corrected chi connectivity index (χ0v) is 18.7. The minimum Gasteiger partial charge on any atom is -0.382 e. The van der Waals surface area contributed by atoms with Crippen molar-refractivity contribution in [3.05, 3.63) is 57.1 Å². The van der Waals surface area contributed by atoms with Gasteiger partial charge in [0.05, 0.1) is 11.2 Å². The number of carbonyl (C=O) groups is 1. The lowest BCUT2D eigenvalue weighted by molar-refractivity contribution is 0.0958. The monoisotopic (exact) mass is 450 g/mol. The molecular formula is C23H23ClN6O2. The fraction of sp³-hybridized carbons (Fsp3) is 0.304. The third-order valence-electron chi connectivity index (χ3n) is 5.78. The van der Waals surface area contributed by atoms with Crippen LogP contribution in [0.5, 0.6) is 0 Å². The first-order valence-corrected chi connectivity index (χ1v) is 10.7. The van der Waals surface area contributed by atoms with Crippen LogP contribution in [0.1, 0.15) is 35.8 Å². The molecule has 1 fully saturated rings. The normalized spacial score (nSPS) is 14.0. The Morgan fingerprint density at radius 3 is 2.69 bits per heavy atom. The average Bonchev–Trinajstić information content (AvgIpc) is 3.62. The van der Waals surface area contributed by atoms with Crippen molar-refractivity contribution in [2.24, 2.45) is 13.0 Å². The van der Waals surface area contributed by atoms with E-state index in [1.54, 1.807) is 17.7 Å². The van der Waals surface area contributed by atoms with E-state index >= 15 is 0 Å². The Bertz CT molecular complexity index is 1320. The second-order valence-corrected chi connectivity index (χ2v) is 8.35. The van der Waals surface area contributed by atoms with Crippen LogP contribution in [-0.2, 0) is 7.05 Å². The fourth-order valence-corrected chi connectivity index (χ4v) is 3.97. The van der Waals surface area contributed by atoms with Gasteiger partial charge in [0.15, 0.2) is 0 Å². The molecule has 2 heterocycles. The van der Waals surface area contributed by atoms with Crippen molar-refractivity contribution in [3.8, 4) is 6.07 Å². The van der Waals surface area contributed by atoms with Gasteiger partial charge in [0.2, 0.25) is 0 Å². The van der Waals surface area contributed by atoms with E-state index in [9.17, 15) is 14.9 Å². The molecule has 1 atom stereocenters. The Balaban J connectivity index is 1.78. The number of pyridine rings is 2. The zero-order valence-electron chi connectivity index (χ0n) is 18.0. The van der Waals surface area contributed by atoms with E-state index in [0.717, 1.165) is 16.6 Å². The van der Waals surface area contributed by atoms with E-state index in [1.807, 2.05) is 24.3 Å². The van der Waals surface area contributed by atoms with Crippen molar-refractivity contribution in [3.63, 3.8) is 0 Å². The Labute approximate surface area is 190 Å². The van der Waals surface area contributed by atoms with E-state index < -0.39 is 5.91 Å². The first kappa shape index (κ1) is 21.7. The van der Waals surface area contributed by atoms with Gasteiger partial charge in [-0.2, -0.15) is 5.26 Å². The number of fused-ring (bicyclic) bond motifs is 1. The number of benzene rings is 1. The van der Waals surface area contributed by atoms with Gasteiger partial charge in [-0.1, -0.05) is 11.6 Å². The van der Waals surface area contributed by atoms with Gasteiger partial charge in [0, 0.05) is 43.0 Å². The standard InChI is InChI=1S/C23H23ClN6O2/c1-12(13-4-5-13)27-18-10-21(31)30(3)20-7-6-14(8-15(18)20)28-17-9-19(23(32)26-2)29-22(24)16(17)11-25/h6-10,12-13,27H,4-5H2,1-3H3,(H,26,32)(H,28,29). The van der Waals surface area contributed by atoms with Gasteiger partial charge < -0.3 is 20.5 Å². The Hall–Kier alpha value is -3.57. The predicted molar refractivity (Wildman–Crippen MR) is 126 cm³/mol. The molecule has 0 radical (unpaired) electrons. The zero-order chi connectivity index (χ0) is 23.0. The molecule has 2 aromatic heterocycles. The highest BCUT2D eigenvalue weighted by Gasteiger charge is 2.28. The third kappa shape index (κ3) is 4.12. The number of rotatable bonds is 6. The maximum absolute atomic E-state index is 12.5. The van der Waals surface area contributed by atoms with E-state index in [4.69, 9.17) is 11.6 Å². The minimum absolute atomic E-state index is 0.0556. The minimum atomic E-state index is -0.409. The first-order valence-electron chi connectivity index (χ1n) is 10.3. The van der Waals surface area contributed by atoms with Gasteiger partial charge >= 0.3 is 0 Å². The van der Waals surface area contributed by atoms with Gasteiger partial charge in [-0.3, -0.25) is 9.59 Å². The summed E-state index contributed by atoms with van der Waals surface area (Å²) < 4.78 is 1.60. The molecule has 1 aliphatic rings. The van der Waals surface area contributed by atoms with E-state index in [-0.39, 0.29) is 28.0 Å². The summed E-state index contributed by atoms with van der Waals surface area (Å²) in [4.78, 5) is 28.5. The molecular weight excluding hydrogens is 428 g/mol. The molecule has 0 bridgehead atoms. The van der Waals surface area contributed by atoms with Crippen LogP contribution >= 0.6 is 11.6 Å². The molecule has 0 saturated heterocycles. The van der Waals surface area contributed by atoms with Crippen LogP contribution in [0.2, 0.25) is 5.15 Å². The highest BCUT2D eigenvalue weighted by molar-refractivity contribution is 6.31. The number of halogens is 1. The molecule has 1 aromatic carbocycles. The molecule has 3 aromatic rings. The van der Waals surface area contributed by atoms with Gasteiger partial charge in [0.25, 0.3) is 11.5 Å². The lowest BCUT2D eigenvalue weighted by atomic mass is 10.1. The van der Waals surface area contributed by atoms with Gasteiger partial charge in [0.1, 0.15) is 22.5 Å². The van der Waals surface area contributed by atoms with E-state index in [1.165, 1.54) is 26.0 Å². The molecule has 1 amide bonds. The SMILES string of the molecule is CNC(=O)c1cc(Nc2ccc3c(c2)c(NC(C)C2CC2)cc(=O)n3C)c(C#N)c(Cl)n1. The number of nitriles is 1. The summed E-state index contributed by atoms with van der Waals surface area (Å²) in [6.07, 6.45) is 2.38. The van der Waals surface area contributed by atoms with Crippen LogP contribution in [0.4, 0.5) is 17.1 Å². The molecule has 1 saturated carbocycles. The van der Waals surface area contributed by atoms with Gasteiger partial charge in [-0.25, -0.2) is 4.98 Å². The topological polar surface area (TPSA) is 112 Å². The molecule has 0 aliphatic heterocycles. The lowest BCUT2D eigenvalue weighted by Gasteiger charge is -2.18. The number of amides is 1. The second-order valence-electron chi connectivity index (χ2n) is 7.99. The van der Waals surface area contributed by atoms with Crippen LogP contribution in [0.3, 0.4) is 0 Å². The molecule has 1 unspecified atom stereocenters. The molecule has 9 heteroatoms. The molecule has 3 N–H and O–H groups in total. The number of aryl methyl sites for hydroxylation is 1. The summed E-state index contributed by atoms with van der Waals surface area (Å²) in [7, 11) is 3.23. The van der Waals surface area contributed by atoms with Crippen molar-refractivity contribution < 1.29 is 4.79 Å². The number of nitrogens with zero attached hydrogens (tertiary/aromatic N) is 3. The third-order valence-corrected chi connectivity index (χ3v) is 6.06. The van der Waals surface area contributed by atoms with Gasteiger partial charge in [-0.05, 0) is 49.9 Å². The number of carbonyl (C=O) groups excluding carboxylic acids is 1. The summed E-state index contributed by atoms with van der Waals surface area (Å²) in [6, 6.07) is 11.0. The van der Waals surface area contributed by atoms with Crippen molar-refractivity contribution >= 4 is 45.5 Å². The van der Waals surface area contributed by atoms with Crippen molar-refractivity contribution in [1.29, 1.82) is 5.26 Å². The van der Waals surface area contributed by atoms with Crippen molar-refractivity contribution in [1.82, 2.24) is 14.9 Å². The lowest BCUT2D eigenvalue weighted by Crippen LogP contribution is -2.22. The molecule has 164 valence electrons. The maximum atomic E-state index is 12.5. The van der Waals surface area contributed by atoms with Gasteiger partial charge in [-0.15, -0.1) is 0 Å². The molecule has 1 aliphatic carbocycles. The average molecular weight is 451 g/mol. The summed E-state index contributed by atoms with van der Waals surface area (Å²) in [5, 5.41) is 19.5. The number of aromatic nitrogens is 2. The second kappa shape index (κ2) is 8.52. The number of anilines is 3. The molecule has 0 spiro atoms. The number of hydrogen-bond donors (Lipinski definition) is 3. The maximum Gasteiger partial charge on any atom is 0.269 e. The Morgan fingerprint density at radius 1 is 1.28 bits per heavy atom. The smallest absolute Gasteiger partial charge is 0.269 e. The van der Waals surface area contributed by atoms with Crippen LogP contribution in [-0.4, -0.2) is 28.5 Å². The molecule has 4 rings (SSSR count). The van der Waals surface area contributed by atoms with Crippen molar-refractivity contribution in [2.75, 3.05) is 17.7 Å². The Morgan fingerprint density at radius 2 is 2.03 bits per heavy atom. The Kier molecular flexibility index (Phi) is 5.76. The summed E-state index contributed by atoms with van der Waals surface area (Å²) in [6.45, 7) is 2.13. The van der Waals surface area contributed by atoms with Crippen LogP contribution in [0, 0.1) is 17.2 Å². The highest BCUT2D eigenvalue weighted by atomic mass is 35.5. The van der Waals surface area contributed by atoms with Crippen molar-refractivity contribution in [2.45, 2.75) is 25.8 Å². The van der Waals surface area contributed by atoms with Crippen LogP contribution < -0.4 is 21.5 Å². The van der Waals surface area contributed by atoms with E-state index in [0.29, 0.717) is 17.3 Å². The summed E-state index contributed by atoms with van der Waals surface area (Å²) >= 11 is 6.15. The van der Waals surface area contributed by atoms with Crippen LogP contribution in [0.15, 0.2) is 35.1 Å². The van der Waals surface area contributed by atoms with E-state index in [2.05, 4.69) is 27.9 Å². The summed E-state index contributed by atoms with van der Waals surface area (Å²) in [5.41, 5.74) is 2.75. The number of nitrogens with one attached hydrogen (secondary N) is 3. The fourth-order valence-electron chi connectivity index (χ4n) is 3.74. The quantitative estimate of drug-likeness (QED) is 0.493. The number of hydrogen-bond acceptors (Lipinski definition) is 6. The largest absolute Gasteiger partial charge is 0.382 e. The highest BCUT2D eigenvalue weighted by Crippen LogP contribution is 2.35. The molecule has 8 nitrogen and oxygen atoms in total. The molecule has 32 heavy (non-hydrogen) atoms. The predicted octanol–water partition coefficient (Wildman–Crippen LogP) is 3.77. The van der Waals surface area contributed by atoms with Crippen LogP contribution in [0.25, 0.3) is 10.9 Å². The first-order chi connectivity index (χ1) is 15.3.